The summed E-state index contributed by atoms with van der Waals surface area (Å²) < 4.78 is 18.3. The molecule has 2 fully saturated rings. The minimum Gasteiger partial charge on any atom is -0.477 e. The third kappa shape index (κ3) is 4.10. The van der Waals surface area contributed by atoms with E-state index in [1.165, 1.54) is 10.9 Å². The zero-order valence-electron chi connectivity index (χ0n) is 20.2. The fourth-order valence-corrected chi connectivity index (χ4v) is 5.24. The molecular weight excluding hydrogens is 513 g/mol. The predicted octanol–water partition coefficient (Wildman–Crippen LogP) is 3.70. The number of aromatic nitrogens is 3. The summed E-state index contributed by atoms with van der Waals surface area (Å²) in [5, 5.41) is 13.9. The van der Waals surface area contributed by atoms with Crippen LogP contribution in [0.15, 0.2) is 64.4 Å². The summed E-state index contributed by atoms with van der Waals surface area (Å²) in [5.74, 6) is -1.91. The highest BCUT2D eigenvalue weighted by Gasteiger charge is 2.29. The second kappa shape index (κ2) is 9.29. The maximum Gasteiger partial charge on any atom is 0.341 e. The number of carboxylic acid groups (broad SMARTS) is 1. The van der Waals surface area contributed by atoms with Gasteiger partial charge in [0, 0.05) is 43.8 Å². The van der Waals surface area contributed by atoms with Crippen LogP contribution in [-0.4, -0.2) is 51.6 Å². The number of anilines is 2. The topological polar surface area (TPSA) is 101 Å². The Bertz CT molecular complexity index is 1690. The van der Waals surface area contributed by atoms with Crippen LogP contribution in [0.1, 0.15) is 29.2 Å². The molecule has 1 aliphatic heterocycles. The molecule has 194 valence electrons. The summed E-state index contributed by atoms with van der Waals surface area (Å²) in [6.07, 6.45) is 4.69. The Hall–Kier alpha value is -4.18. The molecule has 1 aliphatic carbocycles. The monoisotopic (exact) mass is 535 g/mol. The number of hydrogen-bond acceptors (Lipinski definition) is 6. The Morgan fingerprint density at radius 1 is 1.00 bits per heavy atom. The highest BCUT2D eigenvalue weighted by molar-refractivity contribution is 6.33. The van der Waals surface area contributed by atoms with Gasteiger partial charge in [0.25, 0.3) is 5.56 Å². The molecule has 1 saturated carbocycles. The van der Waals surface area contributed by atoms with E-state index >= 15 is 4.39 Å². The minimum atomic E-state index is -1.32. The number of para-hydroxylation sites is 1. The number of fused-ring (bicyclic) bond motifs is 1. The van der Waals surface area contributed by atoms with Crippen LogP contribution in [0.25, 0.3) is 16.6 Å². The van der Waals surface area contributed by atoms with Crippen LogP contribution in [-0.2, 0) is 0 Å². The molecular formula is C27H23ClFN5O4. The number of piperazine rings is 1. The number of halogens is 2. The van der Waals surface area contributed by atoms with Crippen LogP contribution < -0.4 is 20.8 Å². The van der Waals surface area contributed by atoms with Crippen molar-refractivity contribution in [1.29, 1.82) is 0 Å². The van der Waals surface area contributed by atoms with Crippen LogP contribution >= 0.6 is 11.6 Å². The van der Waals surface area contributed by atoms with E-state index in [4.69, 9.17) is 11.6 Å². The molecule has 0 amide bonds. The van der Waals surface area contributed by atoms with Gasteiger partial charge in [0.15, 0.2) is 0 Å². The fraction of sp³-hybridized carbons (Fsp3) is 0.259. The second-order valence-electron chi connectivity index (χ2n) is 9.51. The maximum atomic E-state index is 15.3. The average molecular weight is 536 g/mol. The van der Waals surface area contributed by atoms with Crippen molar-refractivity contribution in [2.24, 2.45) is 0 Å². The quantitative estimate of drug-likeness (QED) is 0.416. The van der Waals surface area contributed by atoms with Crippen molar-refractivity contribution in [3.05, 3.63) is 91.8 Å². The average Bonchev–Trinajstić information content (AvgIpc) is 3.76. The first-order valence-corrected chi connectivity index (χ1v) is 12.7. The molecule has 2 aromatic carbocycles. The van der Waals surface area contributed by atoms with Crippen LogP contribution in [0.4, 0.5) is 15.8 Å². The molecule has 0 spiro atoms. The van der Waals surface area contributed by atoms with Crippen molar-refractivity contribution in [1.82, 2.24) is 14.3 Å². The fourth-order valence-electron chi connectivity index (χ4n) is 4.99. The van der Waals surface area contributed by atoms with Crippen molar-refractivity contribution in [3.63, 3.8) is 0 Å². The number of hydrogen-bond donors (Lipinski definition) is 1. The van der Waals surface area contributed by atoms with Gasteiger partial charge < -0.3 is 19.5 Å². The number of nitrogens with zero attached hydrogens (tertiary/aromatic N) is 5. The van der Waals surface area contributed by atoms with Gasteiger partial charge in [-0.15, -0.1) is 0 Å². The predicted molar refractivity (Wildman–Crippen MR) is 143 cm³/mol. The van der Waals surface area contributed by atoms with Gasteiger partial charge in [-0.2, -0.15) is 9.78 Å². The molecule has 1 N–H and O–H groups in total. The van der Waals surface area contributed by atoms with Crippen LogP contribution in [0.3, 0.4) is 0 Å². The Balaban J connectivity index is 1.28. The summed E-state index contributed by atoms with van der Waals surface area (Å²) in [6.45, 7) is 1.84. The minimum absolute atomic E-state index is 0.0634. The lowest BCUT2D eigenvalue weighted by molar-refractivity contribution is 0.0695. The Morgan fingerprint density at radius 2 is 1.66 bits per heavy atom. The molecule has 2 aliphatic rings. The molecule has 0 atom stereocenters. The molecule has 2 aromatic heterocycles. The summed E-state index contributed by atoms with van der Waals surface area (Å²) >= 11 is 6.47. The van der Waals surface area contributed by atoms with E-state index in [1.54, 1.807) is 29.0 Å². The van der Waals surface area contributed by atoms with Crippen molar-refractivity contribution in [3.8, 4) is 5.69 Å². The van der Waals surface area contributed by atoms with E-state index in [0.717, 1.165) is 18.9 Å². The van der Waals surface area contributed by atoms with Gasteiger partial charge in [-0.3, -0.25) is 9.59 Å². The van der Waals surface area contributed by atoms with Crippen molar-refractivity contribution < 1.29 is 14.3 Å². The van der Waals surface area contributed by atoms with Crippen LogP contribution in [0.5, 0.6) is 0 Å². The summed E-state index contributed by atoms with van der Waals surface area (Å²) in [4.78, 5) is 41.1. The van der Waals surface area contributed by atoms with E-state index < -0.39 is 22.8 Å². The molecule has 9 nitrogen and oxygen atoms in total. The standard InChI is InChI=1S/C27H23ClFN5O4/c28-24-23(14-30-34(26(24)36)17-4-2-1-3-5-17)32-10-8-31(9-11-32)22-13-21-18(12-20(22)29)25(35)19(27(37)38)15-33(21)16-6-7-16/h1-5,12-16H,6-11H2,(H,37,38). The number of rotatable bonds is 5. The second-order valence-corrected chi connectivity index (χ2v) is 9.88. The van der Waals surface area contributed by atoms with Gasteiger partial charge in [0.05, 0.1) is 28.8 Å². The van der Waals surface area contributed by atoms with Gasteiger partial charge in [-0.25, -0.2) is 9.18 Å². The molecule has 3 heterocycles. The third-order valence-electron chi connectivity index (χ3n) is 7.13. The van der Waals surface area contributed by atoms with Crippen molar-refractivity contribution >= 4 is 39.8 Å². The molecule has 0 bridgehead atoms. The van der Waals surface area contributed by atoms with Gasteiger partial charge in [-0.1, -0.05) is 29.8 Å². The highest BCUT2D eigenvalue weighted by Crippen LogP contribution is 2.38. The van der Waals surface area contributed by atoms with Crippen molar-refractivity contribution in [2.75, 3.05) is 36.0 Å². The van der Waals surface area contributed by atoms with Gasteiger partial charge in [0.2, 0.25) is 5.43 Å². The highest BCUT2D eigenvalue weighted by atomic mass is 35.5. The van der Waals surface area contributed by atoms with Gasteiger partial charge in [-0.05, 0) is 37.1 Å². The summed E-state index contributed by atoms with van der Waals surface area (Å²) in [6, 6.07) is 11.9. The Labute approximate surface area is 220 Å². The van der Waals surface area contributed by atoms with Crippen LogP contribution in [0.2, 0.25) is 5.02 Å². The lowest BCUT2D eigenvalue weighted by Gasteiger charge is -2.37. The summed E-state index contributed by atoms with van der Waals surface area (Å²) in [7, 11) is 0. The van der Waals surface area contributed by atoms with E-state index in [1.807, 2.05) is 28.0 Å². The number of aromatic carboxylic acids is 1. The van der Waals surface area contributed by atoms with E-state index in [-0.39, 0.29) is 22.0 Å². The first-order chi connectivity index (χ1) is 18.3. The van der Waals surface area contributed by atoms with E-state index in [0.29, 0.717) is 48.8 Å². The number of carboxylic acids is 1. The molecule has 6 rings (SSSR count). The van der Waals surface area contributed by atoms with Crippen molar-refractivity contribution in [2.45, 2.75) is 18.9 Å². The first kappa shape index (κ1) is 24.2. The molecule has 0 unspecified atom stereocenters. The molecule has 11 heteroatoms. The molecule has 38 heavy (non-hydrogen) atoms. The molecule has 4 aromatic rings. The zero-order valence-corrected chi connectivity index (χ0v) is 20.9. The largest absolute Gasteiger partial charge is 0.477 e. The number of pyridine rings is 1. The Kier molecular flexibility index (Phi) is 5.91. The van der Waals surface area contributed by atoms with E-state index in [2.05, 4.69) is 5.10 Å². The van der Waals surface area contributed by atoms with Gasteiger partial charge in [0.1, 0.15) is 16.4 Å². The Morgan fingerprint density at radius 3 is 2.29 bits per heavy atom. The number of carbonyl (C=O) groups is 1. The third-order valence-corrected chi connectivity index (χ3v) is 7.49. The molecule has 1 saturated heterocycles. The van der Waals surface area contributed by atoms with Gasteiger partial charge >= 0.3 is 5.97 Å². The SMILES string of the molecule is O=C(O)c1cn(C2CC2)c2cc(N3CCN(c4cnn(-c5ccccc5)c(=O)c4Cl)CC3)c(F)cc2c1=O. The normalized spacial score (nSPS) is 15.7. The summed E-state index contributed by atoms with van der Waals surface area (Å²) in [5.41, 5.74) is 0.541. The smallest absolute Gasteiger partial charge is 0.341 e. The maximum absolute atomic E-state index is 15.3. The lowest BCUT2D eigenvalue weighted by Crippen LogP contribution is -2.47. The van der Waals surface area contributed by atoms with Crippen LogP contribution in [0, 0.1) is 5.82 Å². The number of benzene rings is 2. The zero-order chi connectivity index (χ0) is 26.6. The molecule has 0 radical (unpaired) electrons. The lowest BCUT2D eigenvalue weighted by atomic mass is 10.1. The first-order valence-electron chi connectivity index (χ1n) is 12.3. The van der Waals surface area contributed by atoms with E-state index in [9.17, 15) is 19.5 Å².